The van der Waals surface area contributed by atoms with E-state index in [1.165, 1.54) is 62.1 Å². The number of aliphatic hydroxyl groups excluding tert-OH is 2. The van der Waals surface area contributed by atoms with Gasteiger partial charge in [0.15, 0.2) is 0 Å². The van der Waals surface area contributed by atoms with E-state index in [1.54, 1.807) is 0 Å². The fraction of sp³-hybridized carbons (Fsp3) is 0.696. The molecule has 4 nitrogen and oxygen atoms in total. The Labute approximate surface area is 164 Å². The number of unbranched alkanes of at least 4 members (excludes halogenated alkanes) is 5. The quantitative estimate of drug-likeness (QED) is 0.518. The third-order valence-corrected chi connectivity index (χ3v) is 5.84. The van der Waals surface area contributed by atoms with Crippen molar-refractivity contribution in [3.05, 3.63) is 34.9 Å². The highest BCUT2D eigenvalue weighted by molar-refractivity contribution is 5.73. The molecule has 3 unspecified atom stereocenters. The molecule has 4 heteroatoms. The van der Waals surface area contributed by atoms with Crippen molar-refractivity contribution in [1.29, 1.82) is 0 Å². The van der Waals surface area contributed by atoms with Gasteiger partial charge in [0.2, 0.25) is 5.91 Å². The molecule has 27 heavy (non-hydrogen) atoms. The molecule has 152 valence electrons. The van der Waals surface area contributed by atoms with Crippen molar-refractivity contribution in [3.63, 3.8) is 0 Å². The average Bonchev–Trinajstić information content (AvgIpc) is 2.67. The molecule has 0 radical (unpaired) electrons. The summed E-state index contributed by atoms with van der Waals surface area (Å²) in [6.07, 6.45) is 10.9. The molecule has 0 aromatic heterocycles. The number of hydrogen-bond acceptors (Lipinski definition) is 3. The van der Waals surface area contributed by atoms with E-state index >= 15 is 0 Å². The molecule has 0 saturated carbocycles. The van der Waals surface area contributed by atoms with Crippen LogP contribution in [0.2, 0.25) is 0 Å². The Balaban J connectivity index is 1.91. The van der Waals surface area contributed by atoms with Crippen LogP contribution in [0.25, 0.3) is 0 Å². The van der Waals surface area contributed by atoms with Gasteiger partial charge >= 0.3 is 0 Å². The van der Waals surface area contributed by atoms with Crippen LogP contribution >= 0.6 is 0 Å². The van der Waals surface area contributed by atoms with Crippen LogP contribution in [0.1, 0.15) is 75.5 Å². The molecule has 1 aromatic rings. The first-order valence-corrected chi connectivity index (χ1v) is 10.7. The van der Waals surface area contributed by atoms with Crippen molar-refractivity contribution in [2.75, 3.05) is 6.61 Å². The highest BCUT2D eigenvalue weighted by Gasteiger charge is 2.31. The second-order valence-electron chi connectivity index (χ2n) is 8.10. The van der Waals surface area contributed by atoms with Gasteiger partial charge in [-0.25, -0.2) is 0 Å². The molecule has 1 aliphatic carbocycles. The molecule has 3 N–H and O–H groups in total. The Morgan fingerprint density at radius 2 is 1.93 bits per heavy atom. The van der Waals surface area contributed by atoms with E-state index in [9.17, 15) is 15.0 Å². The zero-order valence-electron chi connectivity index (χ0n) is 17.0. The number of carbonyl (C=O) groups is 1. The fourth-order valence-electron chi connectivity index (χ4n) is 4.28. The summed E-state index contributed by atoms with van der Waals surface area (Å²) in [5.41, 5.74) is 4.16. The Kier molecular flexibility index (Phi) is 9.29. The predicted octanol–water partition coefficient (Wildman–Crippen LogP) is 3.55. The lowest BCUT2D eigenvalue weighted by Gasteiger charge is -2.34. The van der Waals surface area contributed by atoms with E-state index in [0.29, 0.717) is 0 Å². The Morgan fingerprint density at radius 3 is 2.63 bits per heavy atom. The van der Waals surface area contributed by atoms with Gasteiger partial charge in [-0.3, -0.25) is 4.79 Å². The lowest BCUT2D eigenvalue weighted by molar-refractivity contribution is -0.121. The summed E-state index contributed by atoms with van der Waals surface area (Å²) in [5.74, 6) is 0.000507. The SMILES string of the molecule is CCCCCCCCc1ccc2c(c1)CCC(C(NC(C)=O)C(O)CO)C2. The number of carbonyl (C=O) groups excluding carboxylic acids is 1. The van der Waals surface area contributed by atoms with E-state index in [0.717, 1.165) is 25.7 Å². The fourth-order valence-corrected chi connectivity index (χ4v) is 4.28. The smallest absolute Gasteiger partial charge is 0.217 e. The molecule has 1 aliphatic rings. The van der Waals surface area contributed by atoms with Gasteiger partial charge < -0.3 is 15.5 Å². The molecular formula is C23H37NO3. The summed E-state index contributed by atoms with van der Waals surface area (Å²) in [6, 6.07) is 6.43. The van der Waals surface area contributed by atoms with Gasteiger partial charge in [-0.15, -0.1) is 0 Å². The number of benzene rings is 1. The van der Waals surface area contributed by atoms with Crippen molar-refractivity contribution >= 4 is 5.91 Å². The minimum atomic E-state index is -0.910. The van der Waals surface area contributed by atoms with Crippen LogP contribution in [0.3, 0.4) is 0 Å². The highest BCUT2D eigenvalue weighted by atomic mass is 16.3. The summed E-state index contributed by atoms with van der Waals surface area (Å²) < 4.78 is 0. The van der Waals surface area contributed by atoms with Gasteiger partial charge in [0.1, 0.15) is 0 Å². The second kappa shape index (κ2) is 11.5. The first-order chi connectivity index (χ1) is 13.0. The third kappa shape index (κ3) is 6.93. The average molecular weight is 376 g/mol. The Bertz CT molecular complexity index is 587. The van der Waals surface area contributed by atoms with E-state index in [4.69, 9.17) is 0 Å². The molecule has 1 amide bonds. The standard InChI is InChI=1S/C23H37NO3/c1-3-4-5-6-7-8-9-18-10-11-20-15-21(13-12-19(20)14-18)23(22(27)16-25)24-17(2)26/h10-11,14,21-23,25,27H,3-9,12-13,15-16H2,1-2H3,(H,24,26). The number of rotatable bonds is 11. The lowest BCUT2D eigenvalue weighted by atomic mass is 9.78. The Morgan fingerprint density at radius 1 is 1.19 bits per heavy atom. The van der Waals surface area contributed by atoms with Crippen LogP contribution in [-0.2, 0) is 24.1 Å². The minimum Gasteiger partial charge on any atom is -0.394 e. The summed E-state index contributed by atoms with van der Waals surface area (Å²) in [7, 11) is 0. The Hall–Kier alpha value is -1.39. The van der Waals surface area contributed by atoms with E-state index in [-0.39, 0.29) is 24.5 Å². The lowest BCUT2D eigenvalue weighted by Crippen LogP contribution is -2.50. The van der Waals surface area contributed by atoms with Crippen molar-refractivity contribution < 1.29 is 15.0 Å². The van der Waals surface area contributed by atoms with E-state index in [2.05, 4.69) is 30.4 Å². The van der Waals surface area contributed by atoms with Gasteiger partial charge in [0.05, 0.1) is 18.8 Å². The first-order valence-electron chi connectivity index (χ1n) is 10.7. The first kappa shape index (κ1) is 21.9. The molecule has 0 fully saturated rings. The van der Waals surface area contributed by atoms with Crippen molar-refractivity contribution in [1.82, 2.24) is 5.32 Å². The van der Waals surface area contributed by atoms with Crippen molar-refractivity contribution in [2.24, 2.45) is 5.92 Å². The molecule has 0 spiro atoms. The van der Waals surface area contributed by atoms with Crippen LogP contribution in [0, 0.1) is 5.92 Å². The van der Waals surface area contributed by atoms with Gasteiger partial charge in [0, 0.05) is 6.92 Å². The zero-order valence-corrected chi connectivity index (χ0v) is 17.0. The van der Waals surface area contributed by atoms with Gasteiger partial charge in [-0.1, -0.05) is 57.2 Å². The number of nitrogens with one attached hydrogen (secondary N) is 1. The second-order valence-corrected chi connectivity index (χ2v) is 8.10. The van der Waals surface area contributed by atoms with Crippen molar-refractivity contribution in [2.45, 2.75) is 90.2 Å². The zero-order chi connectivity index (χ0) is 19.6. The number of aliphatic hydroxyl groups is 2. The number of hydrogen-bond donors (Lipinski definition) is 3. The maximum atomic E-state index is 11.5. The van der Waals surface area contributed by atoms with Gasteiger partial charge in [-0.2, -0.15) is 0 Å². The molecule has 1 aromatic carbocycles. The summed E-state index contributed by atoms with van der Waals surface area (Å²) in [4.78, 5) is 11.5. The topological polar surface area (TPSA) is 69.6 Å². The van der Waals surface area contributed by atoms with E-state index < -0.39 is 6.10 Å². The molecular weight excluding hydrogens is 338 g/mol. The maximum Gasteiger partial charge on any atom is 0.217 e. The minimum absolute atomic E-state index is 0.160. The largest absolute Gasteiger partial charge is 0.394 e. The van der Waals surface area contributed by atoms with Crippen molar-refractivity contribution in [3.8, 4) is 0 Å². The highest BCUT2D eigenvalue weighted by Crippen LogP contribution is 2.30. The maximum absolute atomic E-state index is 11.5. The summed E-state index contributed by atoms with van der Waals surface area (Å²) >= 11 is 0. The summed E-state index contributed by atoms with van der Waals surface area (Å²) in [5, 5.41) is 22.3. The van der Waals surface area contributed by atoms with Gasteiger partial charge in [-0.05, 0) is 54.7 Å². The number of aryl methyl sites for hydroxylation is 2. The number of amides is 1. The van der Waals surface area contributed by atoms with Crippen LogP contribution in [-0.4, -0.2) is 34.9 Å². The molecule has 0 heterocycles. The molecule has 3 atom stereocenters. The number of fused-ring (bicyclic) bond motifs is 1. The van der Waals surface area contributed by atoms with E-state index in [1.807, 2.05) is 0 Å². The normalized spacial score (nSPS) is 18.6. The van der Waals surface area contributed by atoms with Crippen LogP contribution < -0.4 is 5.32 Å². The molecule has 0 saturated heterocycles. The molecule has 0 bridgehead atoms. The van der Waals surface area contributed by atoms with Gasteiger partial charge in [0.25, 0.3) is 0 Å². The van der Waals surface area contributed by atoms with Crippen LogP contribution in [0.15, 0.2) is 18.2 Å². The van der Waals surface area contributed by atoms with Crippen LogP contribution in [0.4, 0.5) is 0 Å². The molecule has 2 rings (SSSR count). The summed E-state index contributed by atoms with van der Waals surface area (Å²) in [6.45, 7) is 3.38. The predicted molar refractivity (Wildman–Crippen MR) is 110 cm³/mol. The van der Waals surface area contributed by atoms with Crippen LogP contribution in [0.5, 0.6) is 0 Å². The third-order valence-electron chi connectivity index (χ3n) is 5.84. The monoisotopic (exact) mass is 375 g/mol. The molecule has 0 aliphatic heterocycles.